The second kappa shape index (κ2) is 9.12. The van der Waals surface area contributed by atoms with Gasteiger partial charge in [-0.1, -0.05) is 6.92 Å². The van der Waals surface area contributed by atoms with Crippen LogP contribution >= 0.6 is 0 Å². The van der Waals surface area contributed by atoms with Gasteiger partial charge >= 0.3 is 0 Å². The van der Waals surface area contributed by atoms with Crippen molar-refractivity contribution in [1.82, 2.24) is 15.2 Å². The van der Waals surface area contributed by atoms with Crippen molar-refractivity contribution in [2.24, 2.45) is 0 Å². The van der Waals surface area contributed by atoms with Crippen molar-refractivity contribution >= 4 is 23.2 Å². The van der Waals surface area contributed by atoms with Crippen molar-refractivity contribution in [2.45, 2.75) is 32.9 Å². The number of aromatic nitrogens is 1. The van der Waals surface area contributed by atoms with Gasteiger partial charge in [-0.25, -0.2) is 9.37 Å². The third-order valence-corrected chi connectivity index (χ3v) is 5.92. The summed E-state index contributed by atoms with van der Waals surface area (Å²) in [7, 11) is 1.59. The number of aryl methyl sites for hydroxylation is 1. The van der Waals surface area contributed by atoms with Crippen molar-refractivity contribution < 1.29 is 18.7 Å². The second-order valence-corrected chi connectivity index (χ2v) is 8.10. The highest BCUT2D eigenvalue weighted by Gasteiger charge is 2.29. The summed E-state index contributed by atoms with van der Waals surface area (Å²) >= 11 is 0. The van der Waals surface area contributed by atoms with Crippen molar-refractivity contribution in [2.75, 3.05) is 43.4 Å². The van der Waals surface area contributed by atoms with Gasteiger partial charge in [-0.15, -0.1) is 0 Å². The Labute approximate surface area is 186 Å². The van der Waals surface area contributed by atoms with Gasteiger partial charge in [0.2, 0.25) is 0 Å². The van der Waals surface area contributed by atoms with E-state index in [0.717, 1.165) is 43.1 Å². The molecule has 4 rings (SSSR count). The lowest BCUT2D eigenvalue weighted by Crippen LogP contribution is -2.46. The van der Waals surface area contributed by atoms with E-state index in [9.17, 15) is 14.0 Å². The van der Waals surface area contributed by atoms with Gasteiger partial charge in [0.25, 0.3) is 11.8 Å². The summed E-state index contributed by atoms with van der Waals surface area (Å²) in [5, 5.41) is 5.35. The Balaban J connectivity index is 1.40. The molecule has 0 saturated carbocycles. The van der Waals surface area contributed by atoms with Crippen molar-refractivity contribution in [3.05, 3.63) is 47.0 Å². The van der Waals surface area contributed by atoms with E-state index in [1.165, 1.54) is 6.07 Å². The van der Waals surface area contributed by atoms with E-state index in [0.29, 0.717) is 24.3 Å². The molecule has 0 aliphatic carbocycles. The molecule has 0 spiro atoms. The molecule has 9 heteroatoms. The third kappa shape index (κ3) is 4.38. The first-order chi connectivity index (χ1) is 15.4. The van der Waals surface area contributed by atoms with Crippen LogP contribution in [0, 0.1) is 12.7 Å². The molecule has 1 saturated heterocycles. The molecule has 1 aromatic heterocycles. The van der Waals surface area contributed by atoms with E-state index >= 15 is 0 Å². The summed E-state index contributed by atoms with van der Waals surface area (Å²) in [5.41, 5.74) is 3.43. The minimum Gasteiger partial charge on any atom is -0.475 e. The van der Waals surface area contributed by atoms with E-state index in [-0.39, 0.29) is 17.6 Å². The lowest BCUT2D eigenvalue weighted by atomic mass is 10.1. The number of anilines is 2. The van der Waals surface area contributed by atoms with Crippen LogP contribution in [0.25, 0.3) is 0 Å². The van der Waals surface area contributed by atoms with Crippen LogP contribution in [0.3, 0.4) is 0 Å². The average Bonchev–Trinajstić information content (AvgIpc) is 2.78. The van der Waals surface area contributed by atoms with Crippen LogP contribution < -0.4 is 20.3 Å². The standard InChI is InChI=1S/C23H28FN5O3/c1-4-20-23(31)27-18-12-15(11-16(24)21(18)32-20)13-28-7-9-29(10-8-28)19-6-5-17(22(30)25-3)26-14(19)2/h5-6,11-12,20H,4,7-10,13H2,1-3H3,(H,25,30)(H,27,31)/t20-/m0/s1. The zero-order chi connectivity index (χ0) is 22.8. The molecule has 2 amide bonds. The van der Waals surface area contributed by atoms with E-state index < -0.39 is 11.9 Å². The van der Waals surface area contributed by atoms with Crippen LogP contribution in [0.1, 0.15) is 35.1 Å². The summed E-state index contributed by atoms with van der Waals surface area (Å²) in [6, 6.07) is 6.96. The number of fused-ring (bicyclic) bond motifs is 1. The highest BCUT2D eigenvalue weighted by molar-refractivity contribution is 5.97. The van der Waals surface area contributed by atoms with Gasteiger partial charge < -0.3 is 20.3 Å². The van der Waals surface area contributed by atoms with Gasteiger partial charge in [-0.05, 0) is 43.2 Å². The molecule has 3 heterocycles. The number of piperazine rings is 1. The van der Waals surface area contributed by atoms with E-state index in [4.69, 9.17) is 4.74 Å². The quantitative estimate of drug-likeness (QED) is 0.741. The number of ether oxygens (including phenoxy) is 1. The van der Waals surface area contributed by atoms with E-state index in [1.54, 1.807) is 19.2 Å². The maximum atomic E-state index is 14.6. The Morgan fingerprint density at radius 1 is 1.28 bits per heavy atom. The monoisotopic (exact) mass is 441 g/mol. The van der Waals surface area contributed by atoms with Crippen molar-refractivity contribution in [3.8, 4) is 5.75 Å². The number of carbonyl (C=O) groups excluding carboxylic acids is 2. The molecule has 0 bridgehead atoms. The molecule has 1 fully saturated rings. The van der Waals surface area contributed by atoms with E-state index in [2.05, 4.69) is 25.4 Å². The number of carbonyl (C=O) groups is 2. The number of nitrogens with zero attached hydrogens (tertiary/aromatic N) is 3. The smallest absolute Gasteiger partial charge is 0.269 e. The van der Waals surface area contributed by atoms with Gasteiger partial charge in [-0.2, -0.15) is 0 Å². The van der Waals surface area contributed by atoms with Crippen LogP contribution in [0.2, 0.25) is 0 Å². The molecule has 2 aromatic rings. The van der Waals surface area contributed by atoms with Crippen LogP contribution in [0.5, 0.6) is 5.75 Å². The summed E-state index contributed by atoms with van der Waals surface area (Å²) < 4.78 is 20.2. The molecule has 1 aromatic carbocycles. The first kappa shape index (κ1) is 22.0. The normalized spacial score (nSPS) is 18.6. The topological polar surface area (TPSA) is 86.8 Å². The predicted octanol–water partition coefficient (Wildman–Crippen LogP) is 2.32. The highest BCUT2D eigenvalue weighted by Crippen LogP contribution is 2.34. The maximum Gasteiger partial charge on any atom is 0.269 e. The number of hydrogen-bond acceptors (Lipinski definition) is 6. The summed E-state index contributed by atoms with van der Waals surface area (Å²) in [4.78, 5) is 32.8. The number of nitrogens with one attached hydrogen (secondary N) is 2. The van der Waals surface area contributed by atoms with Crippen LogP contribution in [0.15, 0.2) is 24.3 Å². The molecule has 170 valence electrons. The SMILES string of the molecule is CC[C@@H]1Oc2c(F)cc(CN3CCN(c4ccc(C(=O)NC)nc4C)CC3)cc2NC1=O. The Bertz CT molecular complexity index is 1040. The number of amides is 2. The number of benzene rings is 1. The zero-order valence-corrected chi connectivity index (χ0v) is 18.6. The van der Waals surface area contributed by atoms with Crippen LogP contribution in [-0.2, 0) is 11.3 Å². The fourth-order valence-corrected chi connectivity index (χ4v) is 4.18. The average molecular weight is 442 g/mol. The van der Waals surface area contributed by atoms with E-state index in [1.807, 2.05) is 19.9 Å². The predicted molar refractivity (Wildman–Crippen MR) is 120 cm³/mol. The summed E-state index contributed by atoms with van der Waals surface area (Å²) in [6.07, 6.45) is -0.167. The van der Waals surface area contributed by atoms with Crippen LogP contribution in [-0.4, -0.2) is 61.0 Å². The zero-order valence-electron chi connectivity index (χ0n) is 18.6. The highest BCUT2D eigenvalue weighted by atomic mass is 19.1. The Morgan fingerprint density at radius 2 is 2.03 bits per heavy atom. The van der Waals surface area contributed by atoms with Crippen molar-refractivity contribution in [1.29, 1.82) is 0 Å². The van der Waals surface area contributed by atoms with Gasteiger partial charge in [0.1, 0.15) is 5.69 Å². The second-order valence-electron chi connectivity index (χ2n) is 8.10. The number of halogens is 1. The minimum absolute atomic E-state index is 0.119. The number of rotatable bonds is 5. The minimum atomic E-state index is -0.653. The van der Waals surface area contributed by atoms with Crippen molar-refractivity contribution in [3.63, 3.8) is 0 Å². The lowest BCUT2D eigenvalue weighted by Gasteiger charge is -2.36. The fourth-order valence-electron chi connectivity index (χ4n) is 4.18. The fraction of sp³-hybridized carbons (Fsp3) is 0.435. The number of hydrogen-bond donors (Lipinski definition) is 2. The first-order valence-electron chi connectivity index (χ1n) is 10.9. The maximum absolute atomic E-state index is 14.6. The molecule has 8 nitrogen and oxygen atoms in total. The first-order valence-corrected chi connectivity index (χ1v) is 10.9. The molecule has 32 heavy (non-hydrogen) atoms. The van der Waals surface area contributed by atoms with Gasteiger partial charge in [-0.3, -0.25) is 14.5 Å². The van der Waals surface area contributed by atoms with Crippen LogP contribution in [0.4, 0.5) is 15.8 Å². The summed E-state index contributed by atoms with van der Waals surface area (Å²) in [6.45, 7) is 7.52. The third-order valence-electron chi connectivity index (χ3n) is 5.92. The largest absolute Gasteiger partial charge is 0.475 e. The molecular formula is C23H28FN5O3. The lowest BCUT2D eigenvalue weighted by molar-refractivity contribution is -0.123. The Morgan fingerprint density at radius 3 is 2.69 bits per heavy atom. The molecule has 2 aliphatic heterocycles. The molecule has 0 radical (unpaired) electrons. The molecular weight excluding hydrogens is 413 g/mol. The Kier molecular flexibility index (Phi) is 6.27. The molecule has 0 unspecified atom stereocenters. The van der Waals surface area contributed by atoms with Gasteiger partial charge in [0.05, 0.1) is 17.1 Å². The Hall–Kier alpha value is -3.20. The number of pyridine rings is 1. The molecule has 2 N–H and O–H groups in total. The molecule has 2 aliphatic rings. The molecule has 1 atom stereocenters. The van der Waals surface area contributed by atoms with Gasteiger partial charge in [0.15, 0.2) is 17.7 Å². The van der Waals surface area contributed by atoms with Gasteiger partial charge in [0, 0.05) is 39.8 Å². The summed E-state index contributed by atoms with van der Waals surface area (Å²) in [5.74, 6) is -0.772.